The first kappa shape index (κ1) is 19.3. The second-order valence-electron chi connectivity index (χ2n) is 7.44. The number of carbonyl (C=O) groups excluding carboxylic acids is 1. The summed E-state index contributed by atoms with van der Waals surface area (Å²) in [6, 6.07) is 15.8. The van der Waals surface area contributed by atoms with Gasteiger partial charge in [0, 0.05) is 51.5 Å². The van der Waals surface area contributed by atoms with Crippen molar-refractivity contribution in [2.75, 3.05) is 56.7 Å². The van der Waals surface area contributed by atoms with Crippen molar-refractivity contribution in [2.24, 2.45) is 10.2 Å². The second-order valence-corrected chi connectivity index (χ2v) is 7.44. The standard InChI is InChI=1S/C22H26N6O/c1-26(2)18-9-7-17(8-10-18)15-24-25-21-19-5-3-4-6-20(19)28(22(21)29)16-27-13-11-23-12-14-27/h3-10,15,23H,11-14,16H2,1-2H3/b24-15+,25-21+. The van der Waals surface area contributed by atoms with E-state index in [4.69, 9.17) is 0 Å². The molecular formula is C22H26N6O. The molecule has 2 aliphatic heterocycles. The lowest BCUT2D eigenvalue weighted by atomic mass is 10.1. The molecule has 2 aliphatic rings. The number of anilines is 2. The molecule has 1 amide bonds. The molecule has 2 aromatic rings. The quantitative estimate of drug-likeness (QED) is 0.625. The average Bonchev–Trinajstić information content (AvgIpc) is 3.01. The minimum Gasteiger partial charge on any atom is -0.378 e. The lowest BCUT2D eigenvalue weighted by Gasteiger charge is -2.31. The molecule has 1 saturated heterocycles. The molecule has 2 aromatic carbocycles. The van der Waals surface area contributed by atoms with E-state index in [1.165, 1.54) is 0 Å². The van der Waals surface area contributed by atoms with Gasteiger partial charge in [-0.2, -0.15) is 5.10 Å². The number of nitrogens with zero attached hydrogens (tertiary/aromatic N) is 5. The number of amides is 1. The van der Waals surface area contributed by atoms with Crippen LogP contribution in [0.4, 0.5) is 11.4 Å². The number of rotatable bonds is 5. The van der Waals surface area contributed by atoms with Crippen LogP contribution in [0.1, 0.15) is 11.1 Å². The summed E-state index contributed by atoms with van der Waals surface area (Å²) in [5, 5.41) is 11.8. The Morgan fingerprint density at radius 3 is 2.52 bits per heavy atom. The average molecular weight is 390 g/mol. The van der Waals surface area contributed by atoms with Crippen LogP contribution >= 0.6 is 0 Å². The van der Waals surface area contributed by atoms with Gasteiger partial charge in [-0.1, -0.05) is 30.3 Å². The van der Waals surface area contributed by atoms with E-state index in [1.54, 1.807) is 11.1 Å². The number of para-hydroxylation sites is 1. The van der Waals surface area contributed by atoms with Gasteiger partial charge in [-0.05, 0) is 23.8 Å². The van der Waals surface area contributed by atoms with E-state index >= 15 is 0 Å². The Kier molecular flexibility index (Phi) is 5.69. The molecule has 7 heteroatoms. The molecule has 29 heavy (non-hydrogen) atoms. The fraction of sp³-hybridized carbons (Fsp3) is 0.318. The fourth-order valence-electron chi connectivity index (χ4n) is 3.56. The highest BCUT2D eigenvalue weighted by atomic mass is 16.2. The maximum absolute atomic E-state index is 13.1. The molecular weight excluding hydrogens is 364 g/mol. The van der Waals surface area contributed by atoms with Crippen LogP contribution in [-0.4, -0.2) is 69.7 Å². The van der Waals surface area contributed by atoms with Crippen molar-refractivity contribution in [3.8, 4) is 0 Å². The SMILES string of the molecule is CN(C)c1ccc(/C=N/N=C2/C(=O)N(CN3CCNCC3)c3ccccc32)cc1. The summed E-state index contributed by atoms with van der Waals surface area (Å²) >= 11 is 0. The third kappa shape index (κ3) is 4.21. The van der Waals surface area contributed by atoms with Crippen molar-refractivity contribution >= 4 is 29.2 Å². The Hall–Kier alpha value is -3.03. The van der Waals surface area contributed by atoms with E-state index < -0.39 is 0 Å². The number of piperazine rings is 1. The van der Waals surface area contributed by atoms with Gasteiger partial charge in [0.1, 0.15) is 0 Å². The Balaban J connectivity index is 1.54. The zero-order valence-corrected chi connectivity index (χ0v) is 16.9. The summed E-state index contributed by atoms with van der Waals surface area (Å²) in [4.78, 5) is 19.2. The van der Waals surface area contributed by atoms with Gasteiger partial charge in [0.2, 0.25) is 0 Å². The van der Waals surface area contributed by atoms with Gasteiger partial charge >= 0.3 is 0 Å². The van der Waals surface area contributed by atoms with Crippen molar-refractivity contribution in [3.05, 3.63) is 59.7 Å². The Morgan fingerprint density at radius 2 is 1.79 bits per heavy atom. The minimum atomic E-state index is -0.0927. The number of fused-ring (bicyclic) bond motifs is 1. The molecule has 0 aliphatic carbocycles. The predicted molar refractivity (Wildman–Crippen MR) is 118 cm³/mol. The van der Waals surface area contributed by atoms with Crippen LogP contribution in [0, 0.1) is 0 Å². The highest BCUT2D eigenvalue weighted by Gasteiger charge is 2.34. The molecule has 0 radical (unpaired) electrons. The fourth-order valence-corrected chi connectivity index (χ4v) is 3.56. The Bertz CT molecular complexity index is 929. The molecule has 1 N–H and O–H groups in total. The number of benzene rings is 2. The van der Waals surface area contributed by atoms with Crippen molar-refractivity contribution in [2.45, 2.75) is 0 Å². The summed E-state index contributed by atoms with van der Waals surface area (Å²) in [6.07, 6.45) is 1.68. The summed E-state index contributed by atoms with van der Waals surface area (Å²) in [5.74, 6) is -0.0927. The zero-order valence-electron chi connectivity index (χ0n) is 16.9. The minimum absolute atomic E-state index is 0.0927. The highest BCUT2D eigenvalue weighted by molar-refractivity contribution is 6.54. The van der Waals surface area contributed by atoms with E-state index in [9.17, 15) is 4.79 Å². The first-order valence-electron chi connectivity index (χ1n) is 9.86. The van der Waals surface area contributed by atoms with E-state index in [-0.39, 0.29) is 5.91 Å². The van der Waals surface area contributed by atoms with Crippen LogP contribution in [0.25, 0.3) is 0 Å². The van der Waals surface area contributed by atoms with E-state index in [0.717, 1.165) is 48.7 Å². The van der Waals surface area contributed by atoms with Crippen LogP contribution in [0.15, 0.2) is 58.7 Å². The molecule has 1 fully saturated rings. The topological polar surface area (TPSA) is 63.5 Å². The number of hydrogen-bond acceptors (Lipinski definition) is 6. The zero-order chi connectivity index (χ0) is 20.2. The van der Waals surface area contributed by atoms with Gasteiger partial charge in [-0.3, -0.25) is 14.6 Å². The molecule has 0 unspecified atom stereocenters. The van der Waals surface area contributed by atoms with E-state index in [0.29, 0.717) is 12.4 Å². The maximum Gasteiger partial charge on any atom is 0.280 e. The van der Waals surface area contributed by atoms with Gasteiger partial charge in [0.15, 0.2) is 5.71 Å². The van der Waals surface area contributed by atoms with Crippen molar-refractivity contribution in [3.63, 3.8) is 0 Å². The largest absolute Gasteiger partial charge is 0.378 e. The molecule has 4 rings (SSSR count). The third-order valence-corrected chi connectivity index (χ3v) is 5.22. The lowest BCUT2D eigenvalue weighted by molar-refractivity contribution is -0.112. The van der Waals surface area contributed by atoms with Gasteiger partial charge in [0.25, 0.3) is 5.91 Å². The van der Waals surface area contributed by atoms with Crippen LogP contribution in [-0.2, 0) is 4.79 Å². The predicted octanol–water partition coefficient (Wildman–Crippen LogP) is 1.79. The van der Waals surface area contributed by atoms with Crippen LogP contribution < -0.4 is 15.1 Å². The number of nitrogens with one attached hydrogen (secondary N) is 1. The molecule has 7 nitrogen and oxygen atoms in total. The molecule has 0 saturated carbocycles. The van der Waals surface area contributed by atoms with Gasteiger partial charge in [-0.25, -0.2) is 0 Å². The summed E-state index contributed by atoms with van der Waals surface area (Å²) in [7, 11) is 4.01. The van der Waals surface area contributed by atoms with Crippen LogP contribution in [0.2, 0.25) is 0 Å². The molecule has 2 heterocycles. The van der Waals surface area contributed by atoms with E-state index in [2.05, 4.69) is 20.4 Å². The van der Waals surface area contributed by atoms with Crippen molar-refractivity contribution in [1.29, 1.82) is 0 Å². The first-order chi connectivity index (χ1) is 14.1. The maximum atomic E-state index is 13.1. The van der Waals surface area contributed by atoms with Crippen LogP contribution in [0.3, 0.4) is 0 Å². The third-order valence-electron chi connectivity index (χ3n) is 5.22. The summed E-state index contributed by atoms with van der Waals surface area (Å²) in [6.45, 7) is 4.33. The van der Waals surface area contributed by atoms with Gasteiger partial charge < -0.3 is 10.2 Å². The molecule has 0 bridgehead atoms. The van der Waals surface area contributed by atoms with Crippen LogP contribution in [0.5, 0.6) is 0 Å². The second kappa shape index (κ2) is 8.55. The summed E-state index contributed by atoms with van der Waals surface area (Å²) < 4.78 is 0. The number of hydrogen-bond donors (Lipinski definition) is 1. The first-order valence-corrected chi connectivity index (χ1v) is 9.86. The molecule has 0 aromatic heterocycles. The van der Waals surface area contributed by atoms with Gasteiger partial charge in [-0.15, -0.1) is 5.10 Å². The smallest absolute Gasteiger partial charge is 0.280 e. The lowest BCUT2D eigenvalue weighted by Crippen LogP contribution is -2.49. The van der Waals surface area contributed by atoms with Crippen molar-refractivity contribution < 1.29 is 4.79 Å². The number of carbonyl (C=O) groups is 1. The Labute approximate surface area is 171 Å². The highest BCUT2D eigenvalue weighted by Crippen LogP contribution is 2.29. The molecule has 0 spiro atoms. The van der Waals surface area contributed by atoms with Crippen molar-refractivity contribution in [1.82, 2.24) is 10.2 Å². The van der Waals surface area contributed by atoms with E-state index in [1.807, 2.05) is 67.5 Å². The molecule has 150 valence electrons. The monoisotopic (exact) mass is 390 g/mol. The molecule has 0 atom stereocenters. The normalized spacial score (nSPS) is 18.6. The Morgan fingerprint density at radius 1 is 1.07 bits per heavy atom. The van der Waals surface area contributed by atoms with Gasteiger partial charge in [0.05, 0.1) is 18.6 Å². The summed E-state index contributed by atoms with van der Waals surface area (Å²) in [5.41, 5.74) is 4.21.